The first-order valence-electron chi connectivity index (χ1n) is 11.0. The van der Waals surface area contributed by atoms with Gasteiger partial charge in [-0.2, -0.15) is 0 Å². The van der Waals surface area contributed by atoms with Gasteiger partial charge in [0, 0.05) is 0 Å². The normalized spacial score (nSPS) is 32.1. The lowest BCUT2D eigenvalue weighted by Gasteiger charge is -2.31. The van der Waals surface area contributed by atoms with Crippen LogP contribution in [0.3, 0.4) is 0 Å². The van der Waals surface area contributed by atoms with Crippen LogP contribution in [0.25, 0.3) is 0 Å². The second kappa shape index (κ2) is 8.92. The summed E-state index contributed by atoms with van der Waals surface area (Å²) in [7, 11) is 0. The predicted octanol–water partition coefficient (Wildman–Crippen LogP) is 6.02. The molecule has 0 aromatic carbocycles. The topological polar surface area (TPSA) is 40.5 Å². The molecule has 0 saturated heterocycles. The van der Waals surface area contributed by atoms with Gasteiger partial charge < -0.3 is 10.2 Å². The van der Waals surface area contributed by atoms with Crippen molar-refractivity contribution in [1.82, 2.24) is 0 Å². The van der Waals surface area contributed by atoms with Crippen molar-refractivity contribution < 1.29 is 10.2 Å². The summed E-state index contributed by atoms with van der Waals surface area (Å²) >= 11 is 0. The van der Waals surface area contributed by atoms with Crippen molar-refractivity contribution in [2.75, 3.05) is 0 Å². The molecule has 0 bridgehead atoms. The van der Waals surface area contributed by atoms with Crippen LogP contribution in [-0.2, 0) is 0 Å². The summed E-state index contributed by atoms with van der Waals surface area (Å²) in [6.07, 6.45) is 19.2. The van der Waals surface area contributed by atoms with Gasteiger partial charge in [-0.3, -0.25) is 0 Å². The van der Waals surface area contributed by atoms with E-state index < -0.39 is 5.60 Å². The van der Waals surface area contributed by atoms with Gasteiger partial charge in [0.2, 0.25) is 0 Å². The fourth-order valence-corrected chi connectivity index (χ4v) is 5.17. The highest BCUT2D eigenvalue weighted by Crippen LogP contribution is 2.47. The number of unbranched alkanes of at least 4 members (excludes halogenated alkanes) is 1. The lowest BCUT2D eigenvalue weighted by Crippen LogP contribution is -2.20. The Balaban J connectivity index is 1.58. The van der Waals surface area contributed by atoms with Crippen LogP contribution in [0.1, 0.15) is 84.5 Å². The Morgan fingerprint density at radius 3 is 2.67 bits per heavy atom. The molecule has 2 N–H and O–H groups in total. The minimum atomic E-state index is -0.530. The summed E-state index contributed by atoms with van der Waals surface area (Å²) < 4.78 is 0. The first-order valence-corrected chi connectivity index (χ1v) is 11.0. The minimum Gasteiger partial charge on any atom is -0.390 e. The molecule has 0 radical (unpaired) electrons. The summed E-state index contributed by atoms with van der Waals surface area (Å²) in [6, 6.07) is 0. The standard InChI is InChI=1S/C25H38O2/c1-18-19(9-7-12-24(18)26)13-14-21-10-6-11-22-20(15-16-23(21)22)8-4-5-17-25(2,3)27/h13-15,22-24,26-27H,1,4-12,16-17H2,2-3H3/b19-13-,21-14+/t22-,23?,24+/m1/s1. The second-order valence-corrected chi connectivity index (χ2v) is 9.51. The number of hydrogen-bond acceptors (Lipinski definition) is 2. The molecule has 0 spiro atoms. The van der Waals surface area contributed by atoms with Gasteiger partial charge in [0.05, 0.1) is 11.7 Å². The van der Waals surface area contributed by atoms with Crippen LogP contribution in [0.5, 0.6) is 0 Å². The van der Waals surface area contributed by atoms with E-state index in [4.69, 9.17) is 0 Å². The third-order valence-corrected chi connectivity index (χ3v) is 6.79. The van der Waals surface area contributed by atoms with Crippen LogP contribution >= 0.6 is 0 Å². The number of rotatable bonds is 6. The first-order chi connectivity index (χ1) is 12.8. The van der Waals surface area contributed by atoms with Crippen molar-refractivity contribution in [1.29, 1.82) is 0 Å². The van der Waals surface area contributed by atoms with Crippen molar-refractivity contribution >= 4 is 0 Å². The van der Waals surface area contributed by atoms with Gasteiger partial charge in [0.15, 0.2) is 0 Å². The molecule has 150 valence electrons. The molecule has 0 amide bonds. The fourth-order valence-electron chi connectivity index (χ4n) is 5.17. The third kappa shape index (κ3) is 5.45. The molecule has 2 fully saturated rings. The third-order valence-electron chi connectivity index (χ3n) is 6.79. The van der Waals surface area contributed by atoms with Crippen molar-refractivity contribution in [3.05, 3.63) is 47.1 Å². The lowest BCUT2D eigenvalue weighted by atomic mass is 9.74. The second-order valence-electron chi connectivity index (χ2n) is 9.51. The van der Waals surface area contributed by atoms with Crippen LogP contribution in [0.15, 0.2) is 47.1 Å². The van der Waals surface area contributed by atoms with Gasteiger partial charge >= 0.3 is 0 Å². The summed E-state index contributed by atoms with van der Waals surface area (Å²) in [5.41, 5.74) is 4.93. The van der Waals surface area contributed by atoms with E-state index in [1.165, 1.54) is 44.1 Å². The zero-order valence-corrected chi connectivity index (χ0v) is 17.3. The molecule has 3 aliphatic rings. The van der Waals surface area contributed by atoms with Gasteiger partial charge in [-0.05, 0) is 101 Å². The lowest BCUT2D eigenvalue weighted by molar-refractivity contribution is 0.0682. The number of fused-ring (bicyclic) bond motifs is 1. The zero-order valence-electron chi connectivity index (χ0n) is 17.3. The first kappa shape index (κ1) is 20.6. The van der Waals surface area contributed by atoms with Crippen molar-refractivity contribution in [2.24, 2.45) is 11.8 Å². The maximum absolute atomic E-state index is 10.0. The van der Waals surface area contributed by atoms with Gasteiger partial charge in [0.25, 0.3) is 0 Å². The Labute approximate surface area is 165 Å². The highest BCUT2D eigenvalue weighted by Gasteiger charge is 2.34. The zero-order chi connectivity index (χ0) is 19.4. The van der Waals surface area contributed by atoms with Crippen LogP contribution in [0.4, 0.5) is 0 Å². The Bertz CT molecular complexity index is 629. The number of hydrogen-bond donors (Lipinski definition) is 2. The smallest absolute Gasteiger partial charge is 0.0787 e. The molecule has 0 aromatic heterocycles. The van der Waals surface area contributed by atoms with E-state index in [1.54, 1.807) is 11.1 Å². The fraction of sp³-hybridized carbons (Fsp3) is 0.680. The predicted molar refractivity (Wildman–Crippen MR) is 113 cm³/mol. The monoisotopic (exact) mass is 370 g/mol. The molecule has 0 aromatic rings. The average molecular weight is 371 g/mol. The van der Waals surface area contributed by atoms with Gasteiger partial charge in [-0.15, -0.1) is 0 Å². The van der Waals surface area contributed by atoms with Crippen molar-refractivity contribution in [3.63, 3.8) is 0 Å². The van der Waals surface area contributed by atoms with E-state index in [1.807, 2.05) is 13.8 Å². The van der Waals surface area contributed by atoms with Gasteiger partial charge in [-0.25, -0.2) is 0 Å². The molecule has 27 heavy (non-hydrogen) atoms. The molecule has 1 unspecified atom stereocenters. The summed E-state index contributed by atoms with van der Waals surface area (Å²) in [5, 5.41) is 19.9. The van der Waals surface area contributed by atoms with Crippen LogP contribution in [-0.4, -0.2) is 21.9 Å². The van der Waals surface area contributed by atoms with Gasteiger partial charge in [-0.1, -0.05) is 42.4 Å². The molecule has 3 rings (SSSR count). The van der Waals surface area contributed by atoms with E-state index in [0.29, 0.717) is 5.92 Å². The van der Waals surface area contributed by atoms with Gasteiger partial charge in [0.1, 0.15) is 0 Å². The van der Waals surface area contributed by atoms with E-state index >= 15 is 0 Å². The molecule has 3 atom stereocenters. The van der Waals surface area contributed by atoms with Crippen molar-refractivity contribution in [2.45, 2.75) is 96.2 Å². The number of aliphatic hydroxyl groups excluding tert-OH is 1. The largest absolute Gasteiger partial charge is 0.390 e. The number of aliphatic hydroxyl groups is 2. The molecule has 2 saturated carbocycles. The highest BCUT2D eigenvalue weighted by atomic mass is 16.3. The van der Waals surface area contributed by atoms with Crippen LogP contribution in [0, 0.1) is 11.8 Å². The maximum atomic E-state index is 10.0. The van der Waals surface area contributed by atoms with E-state index in [9.17, 15) is 10.2 Å². The summed E-state index contributed by atoms with van der Waals surface area (Å²) in [4.78, 5) is 0. The molecular weight excluding hydrogens is 332 g/mol. The van der Waals surface area contributed by atoms with Crippen LogP contribution < -0.4 is 0 Å². The van der Waals surface area contributed by atoms with E-state index in [2.05, 4.69) is 24.8 Å². The maximum Gasteiger partial charge on any atom is 0.0787 e. The Morgan fingerprint density at radius 1 is 1.11 bits per heavy atom. The van der Waals surface area contributed by atoms with E-state index in [0.717, 1.165) is 43.6 Å². The Kier molecular flexibility index (Phi) is 6.81. The van der Waals surface area contributed by atoms with E-state index in [-0.39, 0.29) is 6.10 Å². The molecule has 2 nitrogen and oxygen atoms in total. The molecule has 2 heteroatoms. The summed E-state index contributed by atoms with van der Waals surface area (Å²) in [5.74, 6) is 1.44. The van der Waals surface area contributed by atoms with Crippen LogP contribution in [0.2, 0.25) is 0 Å². The Hall–Kier alpha value is -1.12. The summed E-state index contributed by atoms with van der Waals surface area (Å²) in [6.45, 7) is 7.92. The molecule has 3 aliphatic carbocycles. The molecule has 0 heterocycles. The SMILES string of the molecule is C=C1/C(=C\C=C2/CCC[C@@H]3C(CCCCC(C)(C)O)=CCC23)CCC[C@@H]1O. The molecule has 0 aliphatic heterocycles. The quantitative estimate of drug-likeness (QED) is 0.443. The van der Waals surface area contributed by atoms with Crippen molar-refractivity contribution in [3.8, 4) is 0 Å². The number of allylic oxidation sites excluding steroid dienone is 5. The molecular formula is C25H38O2. The highest BCUT2D eigenvalue weighted by molar-refractivity contribution is 5.38. The average Bonchev–Trinajstić information content (AvgIpc) is 3.03. The Morgan fingerprint density at radius 2 is 1.89 bits per heavy atom. The minimum absolute atomic E-state index is 0.342.